The van der Waals surface area contributed by atoms with Gasteiger partial charge in [0.15, 0.2) is 0 Å². The van der Waals surface area contributed by atoms with Crippen LogP contribution in [0.3, 0.4) is 0 Å². The zero-order valence-corrected chi connectivity index (χ0v) is 33.5. The number of nitrogens with zero attached hydrogens (tertiary/aromatic N) is 2. The number of aliphatic hydroxyl groups excluding tert-OH is 1. The van der Waals surface area contributed by atoms with Crippen molar-refractivity contribution in [3.05, 3.63) is 52.5 Å². The number of aliphatic hydroxyl groups is 2. The lowest BCUT2D eigenvalue weighted by atomic mass is 9.80. The molecule has 54 heavy (non-hydrogen) atoms. The van der Waals surface area contributed by atoms with E-state index in [0.29, 0.717) is 51.4 Å². The Morgan fingerprint density at radius 1 is 1.00 bits per heavy atom. The van der Waals surface area contributed by atoms with Crippen LogP contribution in [0, 0.1) is 23.7 Å². The topological polar surface area (TPSA) is 170 Å². The van der Waals surface area contributed by atoms with Crippen LogP contribution >= 0.6 is 11.3 Å². The van der Waals surface area contributed by atoms with Crippen molar-refractivity contribution in [2.24, 2.45) is 23.7 Å². The van der Waals surface area contributed by atoms with Crippen molar-refractivity contribution in [1.29, 1.82) is 0 Å². The first-order valence-corrected chi connectivity index (χ1v) is 20.8. The van der Waals surface area contributed by atoms with Gasteiger partial charge in [0.2, 0.25) is 23.6 Å². The number of hydrogen-bond donors (Lipinski definition) is 5. The van der Waals surface area contributed by atoms with E-state index in [0.717, 1.165) is 44.1 Å². The van der Waals surface area contributed by atoms with Gasteiger partial charge in [-0.15, -0.1) is 11.3 Å². The number of ether oxygens (including phenoxy) is 1. The summed E-state index contributed by atoms with van der Waals surface area (Å²) in [5, 5.41) is 33.8. The molecule has 1 aliphatic heterocycles. The highest BCUT2D eigenvalue weighted by Gasteiger charge is 2.39. The van der Waals surface area contributed by atoms with Gasteiger partial charge >= 0.3 is 0 Å². The van der Waals surface area contributed by atoms with Crippen LogP contribution in [0.25, 0.3) is 0 Å². The highest BCUT2D eigenvalue weighted by atomic mass is 32.1. The van der Waals surface area contributed by atoms with Gasteiger partial charge in [-0.2, -0.15) is 0 Å². The summed E-state index contributed by atoms with van der Waals surface area (Å²) in [4.78, 5) is 61.5. The van der Waals surface area contributed by atoms with Gasteiger partial charge in [-0.05, 0) is 50.5 Å². The van der Waals surface area contributed by atoms with Gasteiger partial charge < -0.3 is 35.8 Å². The Morgan fingerprint density at radius 3 is 2.33 bits per heavy atom. The zero-order chi connectivity index (χ0) is 39.1. The van der Waals surface area contributed by atoms with Crippen LogP contribution < -0.4 is 16.0 Å². The first kappa shape index (κ1) is 43.3. The molecule has 1 saturated carbocycles. The largest absolute Gasteiger partial charge is 0.391 e. The molecule has 4 amide bonds. The van der Waals surface area contributed by atoms with Crippen molar-refractivity contribution in [2.75, 3.05) is 32.8 Å². The number of hydrogen-bond acceptors (Lipinski definition) is 9. The Hall–Kier alpha value is -3.39. The normalized spacial score (nSPS) is 18.8. The number of rotatable bonds is 20. The van der Waals surface area contributed by atoms with Crippen LogP contribution in [-0.4, -0.2) is 100 Å². The van der Waals surface area contributed by atoms with Crippen molar-refractivity contribution >= 4 is 35.0 Å². The average molecular weight is 770 g/mol. The van der Waals surface area contributed by atoms with Crippen molar-refractivity contribution in [2.45, 2.75) is 122 Å². The summed E-state index contributed by atoms with van der Waals surface area (Å²) in [5.41, 5.74) is 1.78. The Kier molecular flexibility index (Phi) is 17.4. The van der Waals surface area contributed by atoms with Crippen molar-refractivity contribution < 1.29 is 34.1 Å². The molecule has 0 spiro atoms. The van der Waals surface area contributed by atoms with E-state index in [2.05, 4.69) is 20.9 Å². The molecule has 12 nitrogen and oxygen atoms in total. The predicted molar refractivity (Wildman–Crippen MR) is 209 cm³/mol. The Morgan fingerprint density at radius 2 is 1.70 bits per heavy atom. The second-order valence-corrected chi connectivity index (χ2v) is 16.7. The fourth-order valence-corrected chi connectivity index (χ4v) is 7.97. The molecule has 0 bridgehead atoms. The Bertz CT molecular complexity index is 1440. The molecule has 2 heterocycles. The lowest BCUT2D eigenvalue weighted by Gasteiger charge is -2.35. The summed E-state index contributed by atoms with van der Waals surface area (Å²) >= 11 is 1.39. The SMILES string of the molecule is CCC(C)CNC(=O)C(CC(O)C(CC1CCCCC1)NC(=O)C(Cc1cscn1)NC(=O)C(CC(=O)N1CCOCC1)Cc1ccccc1)C(C)(C)O. The summed E-state index contributed by atoms with van der Waals surface area (Å²) in [5.74, 6) is -2.50. The maximum Gasteiger partial charge on any atom is 0.243 e. The van der Waals surface area contributed by atoms with E-state index >= 15 is 0 Å². The molecular formula is C41H63N5O7S. The lowest BCUT2D eigenvalue weighted by molar-refractivity contribution is -0.140. The minimum atomic E-state index is -1.42. The van der Waals surface area contributed by atoms with E-state index in [1.807, 2.05) is 49.6 Å². The van der Waals surface area contributed by atoms with Crippen molar-refractivity contribution in [1.82, 2.24) is 25.8 Å². The summed E-state index contributed by atoms with van der Waals surface area (Å²) in [6, 6.07) is 7.74. The van der Waals surface area contributed by atoms with Crippen LogP contribution in [0.2, 0.25) is 0 Å². The zero-order valence-electron chi connectivity index (χ0n) is 32.6. The maximum atomic E-state index is 14.4. The molecule has 2 aliphatic rings. The third-order valence-electron chi connectivity index (χ3n) is 11.1. The number of carbonyl (C=O) groups excluding carboxylic acids is 4. The second-order valence-electron chi connectivity index (χ2n) is 16.0. The molecule has 6 atom stereocenters. The third kappa shape index (κ3) is 14.0. The quantitative estimate of drug-likeness (QED) is 0.135. The van der Waals surface area contributed by atoms with E-state index < -0.39 is 47.4 Å². The molecule has 1 aromatic heterocycles. The minimum Gasteiger partial charge on any atom is -0.391 e. The van der Waals surface area contributed by atoms with Crippen LogP contribution in [0.4, 0.5) is 0 Å². The van der Waals surface area contributed by atoms with Crippen LogP contribution in [0.5, 0.6) is 0 Å². The average Bonchev–Trinajstić information content (AvgIpc) is 3.68. The van der Waals surface area contributed by atoms with Gasteiger partial charge in [0, 0.05) is 37.9 Å². The minimum absolute atomic E-state index is 0.0216. The Labute approximate surface area is 325 Å². The van der Waals surface area contributed by atoms with Gasteiger partial charge in [-0.1, -0.05) is 82.7 Å². The summed E-state index contributed by atoms with van der Waals surface area (Å²) < 4.78 is 5.42. The fraction of sp³-hybridized carbons (Fsp3) is 0.683. The Balaban J connectivity index is 1.56. The number of nitrogens with one attached hydrogen (secondary N) is 3. The number of thiazole rings is 1. The van der Waals surface area contributed by atoms with Gasteiger partial charge in [0.1, 0.15) is 6.04 Å². The molecule has 4 rings (SSSR count). The summed E-state index contributed by atoms with van der Waals surface area (Å²) in [6.45, 7) is 9.50. The molecule has 13 heteroatoms. The van der Waals surface area contributed by atoms with Crippen molar-refractivity contribution in [3.8, 4) is 0 Å². The number of carbonyl (C=O) groups is 4. The smallest absolute Gasteiger partial charge is 0.243 e. The lowest BCUT2D eigenvalue weighted by Crippen LogP contribution is -2.56. The fourth-order valence-electron chi connectivity index (χ4n) is 7.40. The monoisotopic (exact) mass is 769 g/mol. The van der Waals surface area contributed by atoms with E-state index in [1.165, 1.54) is 11.3 Å². The van der Waals surface area contributed by atoms with Crippen LogP contribution in [-0.2, 0) is 36.8 Å². The number of amides is 4. The number of morpholine rings is 1. The first-order chi connectivity index (χ1) is 25.8. The molecule has 6 unspecified atom stereocenters. The van der Waals surface area contributed by atoms with Crippen molar-refractivity contribution in [3.63, 3.8) is 0 Å². The summed E-state index contributed by atoms with van der Waals surface area (Å²) in [7, 11) is 0. The van der Waals surface area contributed by atoms with E-state index in [1.54, 1.807) is 24.3 Å². The molecular weight excluding hydrogens is 707 g/mol. The molecule has 1 aliphatic carbocycles. The standard InChI is InChI=1S/C41H63N5O7S/c1-5-28(2)25-42-39(50)33(41(3,4)52)24-36(47)34(21-30-14-10-7-11-15-30)44-40(51)35(23-32-26-54-27-43-32)45-38(49)31(20-29-12-8-6-9-13-29)22-37(48)46-16-18-53-19-17-46/h6,8-9,12-13,26-28,30-31,33-36,47,52H,5,7,10-11,14-25H2,1-4H3,(H,42,50)(H,44,51)(H,45,49). The van der Waals surface area contributed by atoms with Gasteiger partial charge in [-0.3, -0.25) is 19.2 Å². The van der Waals surface area contributed by atoms with E-state index in [4.69, 9.17) is 4.74 Å². The van der Waals surface area contributed by atoms with Gasteiger partial charge in [-0.25, -0.2) is 4.98 Å². The number of benzene rings is 1. The molecule has 300 valence electrons. The highest BCUT2D eigenvalue weighted by Crippen LogP contribution is 2.30. The molecule has 5 N–H and O–H groups in total. The van der Waals surface area contributed by atoms with Gasteiger partial charge in [0.05, 0.1) is 54.0 Å². The van der Waals surface area contributed by atoms with E-state index in [9.17, 15) is 29.4 Å². The first-order valence-electron chi connectivity index (χ1n) is 19.9. The maximum absolute atomic E-state index is 14.4. The van der Waals surface area contributed by atoms with Gasteiger partial charge in [0.25, 0.3) is 0 Å². The predicted octanol–water partition coefficient (Wildman–Crippen LogP) is 4.03. The molecule has 1 aromatic carbocycles. The molecule has 2 aromatic rings. The van der Waals surface area contributed by atoms with Crippen LogP contribution in [0.15, 0.2) is 41.2 Å². The molecule has 2 fully saturated rings. The van der Waals surface area contributed by atoms with E-state index in [-0.39, 0.29) is 42.9 Å². The molecule has 1 saturated heterocycles. The molecule has 0 radical (unpaired) electrons. The number of aromatic nitrogens is 1. The summed E-state index contributed by atoms with van der Waals surface area (Å²) in [6.07, 6.45) is 5.83. The third-order valence-corrected chi connectivity index (χ3v) is 11.7. The van der Waals surface area contributed by atoms with Crippen LogP contribution in [0.1, 0.15) is 96.7 Å². The highest BCUT2D eigenvalue weighted by molar-refractivity contribution is 7.07. The second kappa shape index (κ2) is 21.6.